The molecule has 0 unspecified atom stereocenters. The van der Waals surface area contributed by atoms with E-state index in [4.69, 9.17) is 0 Å². The molecule has 1 aromatic heterocycles. The number of benzene rings is 2. The second-order valence-corrected chi connectivity index (χ2v) is 6.09. The van der Waals surface area contributed by atoms with Gasteiger partial charge in [0.1, 0.15) is 23.7 Å². The minimum absolute atomic E-state index is 0.107. The van der Waals surface area contributed by atoms with Crippen LogP contribution >= 0.6 is 0 Å². The first-order valence-corrected chi connectivity index (χ1v) is 8.28. The predicted molar refractivity (Wildman–Crippen MR) is 100 cm³/mol. The second-order valence-electron chi connectivity index (χ2n) is 6.09. The van der Waals surface area contributed by atoms with Crippen LogP contribution in [-0.4, -0.2) is 15.9 Å². The van der Waals surface area contributed by atoms with Crippen LogP contribution in [0.1, 0.15) is 35.8 Å². The van der Waals surface area contributed by atoms with Crippen molar-refractivity contribution in [1.82, 2.24) is 9.97 Å². The minimum Gasteiger partial charge on any atom is -0.340 e. The second kappa shape index (κ2) is 7.74. The van der Waals surface area contributed by atoms with E-state index < -0.39 is 11.7 Å². The molecule has 26 heavy (non-hydrogen) atoms. The van der Waals surface area contributed by atoms with Gasteiger partial charge in [0.2, 0.25) is 0 Å². The topological polar surface area (TPSA) is 66.9 Å². The molecule has 1 amide bonds. The lowest BCUT2D eigenvalue weighted by molar-refractivity contribution is 0.102. The van der Waals surface area contributed by atoms with E-state index in [0.29, 0.717) is 11.7 Å². The van der Waals surface area contributed by atoms with Gasteiger partial charge in [-0.3, -0.25) is 4.79 Å². The van der Waals surface area contributed by atoms with Crippen LogP contribution in [0.4, 0.5) is 21.6 Å². The molecule has 0 radical (unpaired) electrons. The van der Waals surface area contributed by atoms with E-state index in [9.17, 15) is 9.18 Å². The van der Waals surface area contributed by atoms with Gasteiger partial charge in [0, 0.05) is 11.8 Å². The van der Waals surface area contributed by atoms with Crippen molar-refractivity contribution in [1.29, 1.82) is 0 Å². The van der Waals surface area contributed by atoms with Gasteiger partial charge in [-0.2, -0.15) is 0 Å². The van der Waals surface area contributed by atoms with Crippen molar-refractivity contribution in [2.75, 3.05) is 10.6 Å². The molecule has 6 heteroatoms. The summed E-state index contributed by atoms with van der Waals surface area (Å²) < 4.78 is 13.7. The molecule has 0 atom stereocenters. The minimum atomic E-state index is -0.502. The monoisotopic (exact) mass is 350 g/mol. The van der Waals surface area contributed by atoms with Gasteiger partial charge in [-0.1, -0.05) is 44.2 Å². The molecule has 2 aromatic carbocycles. The molecule has 5 nitrogen and oxygen atoms in total. The summed E-state index contributed by atoms with van der Waals surface area (Å²) in [4.78, 5) is 20.5. The summed E-state index contributed by atoms with van der Waals surface area (Å²) in [5, 5.41) is 5.73. The Morgan fingerprint density at radius 2 is 1.69 bits per heavy atom. The van der Waals surface area contributed by atoms with Gasteiger partial charge in [0.05, 0.1) is 5.69 Å². The standard InChI is InChI=1S/C20H19FN4O/c1-13(2)14-7-3-5-9-16(14)24-19-11-18(22-12-23-19)20(26)25-17-10-6-4-8-15(17)21/h3-13H,1-2H3,(H,25,26)(H,22,23,24). The van der Waals surface area contributed by atoms with Crippen molar-refractivity contribution in [3.8, 4) is 0 Å². The fourth-order valence-corrected chi connectivity index (χ4v) is 2.55. The van der Waals surface area contributed by atoms with E-state index in [1.54, 1.807) is 12.1 Å². The molecular formula is C20H19FN4O. The molecule has 3 rings (SSSR count). The summed E-state index contributed by atoms with van der Waals surface area (Å²) >= 11 is 0. The number of nitrogens with zero attached hydrogens (tertiary/aromatic N) is 2. The molecule has 0 fully saturated rings. The molecular weight excluding hydrogens is 331 g/mol. The first-order valence-electron chi connectivity index (χ1n) is 8.28. The Bertz CT molecular complexity index is 927. The summed E-state index contributed by atoms with van der Waals surface area (Å²) in [6.07, 6.45) is 1.30. The number of nitrogens with one attached hydrogen (secondary N) is 2. The molecule has 132 valence electrons. The van der Waals surface area contributed by atoms with E-state index in [0.717, 1.165) is 11.3 Å². The fraction of sp³-hybridized carbons (Fsp3) is 0.150. The maximum Gasteiger partial charge on any atom is 0.274 e. The Morgan fingerprint density at radius 3 is 2.42 bits per heavy atom. The van der Waals surface area contributed by atoms with Gasteiger partial charge in [0.25, 0.3) is 5.91 Å². The van der Waals surface area contributed by atoms with Gasteiger partial charge in [0.15, 0.2) is 0 Å². The van der Waals surface area contributed by atoms with Crippen molar-refractivity contribution < 1.29 is 9.18 Å². The number of aromatic nitrogens is 2. The van der Waals surface area contributed by atoms with E-state index in [-0.39, 0.29) is 11.4 Å². The molecule has 0 saturated heterocycles. The van der Waals surface area contributed by atoms with E-state index in [1.165, 1.54) is 24.5 Å². The van der Waals surface area contributed by atoms with E-state index >= 15 is 0 Å². The third kappa shape index (κ3) is 4.03. The summed E-state index contributed by atoms with van der Waals surface area (Å²) in [6.45, 7) is 4.21. The zero-order valence-corrected chi connectivity index (χ0v) is 14.5. The Morgan fingerprint density at radius 1 is 1.00 bits per heavy atom. The van der Waals surface area contributed by atoms with Crippen LogP contribution in [0.25, 0.3) is 0 Å². The third-order valence-corrected chi connectivity index (χ3v) is 3.87. The van der Waals surface area contributed by atoms with Gasteiger partial charge < -0.3 is 10.6 Å². The Hall–Kier alpha value is -3.28. The van der Waals surface area contributed by atoms with E-state index in [1.807, 2.05) is 24.3 Å². The Balaban J connectivity index is 1.81. The highest BCUT2D eigenvalue weighted by Gasteiger charge is 2.12. The number of carbonyl (C=O) groups excluding carboxylic acids is 1. The zero-order chi connectivity index (χ0) is 18.5. The number of rotatable bonds is 5. The zero-order valence-electron chi connectivity index (χ0n) is 14.5. The number of para-hydroxylation sites is 2. The SMILES string of the molecule is CC(C)c1ccccc1Nc1cc(C(=O)Nc2ccccc2F)ncn1. The molecule has 1 heterocycles. The number of hydrogen-bond acceptors (Lipinski definition) is 4. The Kier molecular flexibility index (Phi) is 5.22. The van der Waals surface area contributed by atoms with Crippen molar-refractivity contribution in [2.45, 2.75) is 19.8 Å². The molecule has 2 N–H and O–H groups in total. The first kappa shape index (κ1) is 17.5. The molecule has 0 aliphatic carbocycles. The average molecular weight is 350 g/mol. The van der Waals surface area contributed by atoms with Crippen LogP contribution < -0.4 is 10.6 Å². The normalized spacial score (nSPS) is 10.6. The fourth-order valence-electron chi connectivity index (χ4n) is 2.55. The molecule has 3 aromatic rings. The maximum absolute atomic E-state index is 13.7. The van der Waals surface area contributed by atoms with Crippen molar-refractivity contribution in [2.24, 2.45) is 0 Å². The lowest BCUT2D eigenvalue weighted by Crippen LogP contribution is -2.15. The highest BCUT2D eigenvalue weighted by Crippen LogP contribution is 2.26. The van der Waals surface area contributed by atoms with Crippen LogP contribution in [0.2, 0.25) is 0 Å². The summed E-state index contributed by atoms with van der Waals surface area (Å²) in [7, 11) is 0. The lowest BCUT2D eigenvalue weighted by Gasteiger charge is -2.14. The Labute approximate surface area is 151 Å². The van der Waals surface area contributed by atoms with Crippen LogP contribution in [0.15, 0.2) is 60.9 Å². The smallest absolute Gasteiger partial charge is 0.274 e. The number of hydrogen-bond donors (Lipinski definition) is 2. The van der Waals surface area contributed by atoms with Crippen LogP contribution in [0.3, 0.4) is 0 Å². The van der Waals surface area contributed by atoms with Crippen LogP contribution in [0.5, 0.6) is 0 Å². The number of carbonyl (C=O) groups is 1. The van der Waals surface area contributed by atoms with Gasteiger partial charge >= 0.3 is 0 Å². The summed E-state index contributed by atoms with van der Waals surface area (Å²) in [5.74, 6) is -0.173. The number of halogens is 1. The van der Waals surface area contributed by atoms with Crippen LogP contribution in [-0.2, 0) is 0 Å². The highest BCUT2D eigenvalue weighted by atomic mass is 19.1. The van der Waals surface area contributed by atoms with Crippen molar-refractivity contribution >= 4 is 23.1 Å². The van der Waals surface area contributed by atoms with Crippen LogP contribution in [0, 0.1) is 5.82 Å². The quantitative estimate of drug-likeness (QED) is 0.698. The summed E-state index contributed by atoms with van der Waals surface area (Å²) in [5.41, 5.74) is 2.31. The highest BCUT2D eigenvalue weighted by molar-refractivity contribution is 6.03. The first-order chi connectivity index (χ1) is 12.5. The van der Waals surface area contributed by atoms with Gasteiger partial charge in [-0.15, -0.1) is 0 Å². The average Bonchev–Trinajstić information content (AvgIpc) is 2.64. The van der Waals surface area contributed by atoms with Gasteiger partial charge in [-0.05, 0) is 29.7 Å². The largest absolute Gasteiger partial charge is 0.340 e. The van der Waals surface area contributed by atoms with E-state index in [2.05, 4.69) is 34.4 Å². The molecule has 0 saturated carbocycles. The molecule has 0 aliphatic rings. The summed E-state index contributed by atoms with van der Waals surface area (Å²) in [6, 6.07) is 15.4. The van der Waals surface area contributed by atoms with Crippen molar-refractivity contribution in [3.05, 3.63) is 78.0 Å². The molecule has 0 bridgehead atoms. The lowest BCUT2D eigenvalue weighted by atomic mass is 10.0. The maximum atomic E-state index is 13.7. The third-order valence-electron chi connectivity index (χ3n) is 3.87. The number of anilines is 3. The van der Waals surface area contributed by atoms with Gasteiger partial charge in [-0.25, -0.2) is 14.4 Å². The number of amides is 1. The molecule has 0 spiro atoms. The molecule has 0 aliphatic heterocycles. The van der Waals surface area contributed by atoms with Crippen molar-refractivity contribution in [3.63, 3.8) is 0 Å². The predicted octanol–water partition coefficient (Wildman–Crippen LogP) is 4.74.